The highest BCUT2D eigenvalue weighted by Gasteiger charge is 2.32. The summed E-state index contributed by atoms with van der Waals surface area (Å²) >= 11 is 0. The number of amides is 1. The zero-order chi connectivity index (χ0) is 14.6. The molecule has 5 nitrogen and oxygen atoms in total. The minimum absolute atomic E-state index is 0.0887. The van der Waals surface area contributed by atoms with Gasteiger partial charge in [0.25, 0.3) is 0 Å². The van der Waals surface area contributed by atoms with Crippen LogP contribution in [-0.4, -0.2) is 44.9 Å². The highest BCUT2D eigenvalue weighted by Crippen LogP contribution is 2.29. The summed E-state index contributed by atoms with van der Waals surface area (Å²) in [6.07, 6.45) is 8.70. The van der Waals surface area contributed by atoms with Gasteiger partial charge in [-0.1, -0.05) is 12.8 Å². The molecule has 0 unspecified atom stereocenters. The molecule has 1 aromatic heterocycles. The molecule has 0 atom stereocenters. The Balaban J connectivity index is 1.94. The molecule has 0 radical (unpaired) electrons. The summed E-state index contributed by atoms with van der Waals surface area (Å²) in [7, 11) is 1.74. The summed E-state index contributed by atoms with van der Waals surface area (Å²) in [5.74, 6) is -0.0887. The maximum atomic E-state index is 12.1. The van der Waals surface area contributed by atoms with E-state index < -0.39 is 5.60 Å². The average Bonchev–Trinajstić information content (AvgIpc) is 3.04. The summed E-state index contributed by atoms with van der Waals surface area (Å²) < 4.78 is 1.83. The molecule has 1 amide bonds. The van der Waals surface area contributed by atoms with Crippen molar-refractivity contribution in [3.8, 4) is 0 Å². The molecule has 20 heavy (non-hydrogen) atoms. The summed E-state index contributed by atoms with van der Waals surface area (Å²) in [6, 6.07) is 1.87. The van der Waals surface area contributed by atoms with Crippen LogP contribution in [0.2, 0.25) is 0 Å². The fourth-order valence-corrected chi connectivity index (χ4v) is 2.74. The van der Waals surface area contributed by atoms with E-state index in [0.717, 1.165) is 37.9 Å². The summed E-state index contributed by atoms with van der Waals surface area (Å²) in [5.41, 5.74) is 0.220. The molecule has 0 aromatic carbocycles. The highest BCUT2D eigenvalue weighted by atomic mass is 16.3. The van der Waals surface area contributed by atoms with Gasteiger partial charge in [-0.05, 0) is 31.9 Å². The van der Waals surface area contributed by atoms with Crippen molar-refractivity contribution in [3.05, 3.63) is 24.0 Å². The first-order valence-corrected chi connectivity index (χ1v) is 7.21. The number of hydrogen-bond acceptors (Lipinski definition) is 3. The van der Waals surface area contributed by atoms with E-state index in [9.17, 15) is 9.90 Å². The maximum Gasteiger partial charge on any atom is 0.246 e. The number of aliphatic hydroxyl groups is 1. The topological polar surface area (TPSA) is 58.4 Å². The molecule has 1 fully saturated rings. The van der Waals surface area contributed by atoms with Crippen molar-refractivity contribution in [1.29, 1.82) is 0 Å². The first-order chi connectivity index (χ1) is 9.54. The van der Waals surface area contributed by atoms with Crippen molar-refractivity contribution < 1.29 is 9.90 Å². The lowest BCUT2D eigenvalue weighted by molar-refractivity contribution is -0.127. The second-order valence-corrected chi connectivity index (χ2v) is 5.53. The van der Waals surface area contributed by atoms with Crippen LogP contribution in [0.1, 0.15) is 38.3 Å². The van der Waals surface area contributed by atoms with Gasteiger partial charge in [0.2, 0.25) is 5.91 Å². The van der Waals surface area contributed by atoms with Gasteiger partial charge in [-0.3, -0.25) is 9.48 Å². The van der Waals surface area contributed by atoms with Crippen LogP contribution in [-0.2, 0) is 11.3 Å². The number of aryl methyl sites for hydroxylation is 1. The number of nitrogens with zero attached hydrogens (tertiary/aromatic N) is 3. The Morgan fingerprint density at radius 1 is 1.55 bits per heavy atom. The number of aromatic nitrogens is 2. The van der Waals surface area contributed by atoms with Gasteiger partial charge in [0.1, 0.15) is 0 Å². The first-order valence-electron chi connectivity index (χ1n) is 7.21. The fraction of sp³-hybridized carbons (Fsp3) is 0.600. The molecule has 1 aliphatic carbocycles. The first kappa shape index (κ1) is 14.8. The molecule has 0 aliphatic heterocycles. The van der Waals surface area contributed by atoms with Gasteiger partial charge < -0.3 is 10.0 Å². The quantitative estimate of drug-likeness (QED) is 0.833. The second kappa shape index (κ2) is 6.22. The van der Waals surface area contributed by atoms with E-state index in [1.54, 1.807) is 30.3 Å². The summed E-state index contributed by atoms with van der Waals surface area (Å²) in [5, 5.41) is 14.5. The van der Waals surface area contributed by atoms with Gasteiger partial charge in [-0.25, -0.2) is 0 Å². The van der Waals surface area contributed by atoms with Crippen molar-refractivity contribution >= 4 is 12.0 Å². The molecule has 2 rings (SSSR count). The van der Waals surface area contributed by atoms with Crippen LogP contribution in [0.15, 0.2) is 18.3 Å². The largest absolute Gasteiger partial charge is 0.388 e. The van der Waals surface area contributed by atoms with Crippen molar-refractivity contribution in [2.24, 2.45) is 0 Å². The number of rotatable bonds is 5. The Bertz CT molecular complexity index is 487. The van der Waals surface area contributed by atoms with Crippen LogP contribution < -0.4 is 0 Å². The average molecular weight is 277 g/mol. The Hall–Kier alpha value is -1.62. The van der Waals surface area contributed by atoms with Crippen molar-refractivity contribution in [2.75, 3.05) is 13.6 Å². The lowest BCUT2D eigenvalue weighted by Crippen LogP contribution is -2.41. The van der Waals surface area contributed by atoms with Gasteiger partial charge >= 0.3 is 0 Å². The molecular formula is C15H23N3O2. The smallest absolute Gasteiger partial charge is 0.246 e. The number of hydrogen-bond donors (Lipinski definition) is 1. The van der Waals surface area contributed by atoms with Gasteiger partial charge in [0, 0.05) is 32.4 Å². The van der Waals surface area contributed by atoms with E-state index in [1.807, 2.05) is 17.7 Å². The van der Waals surface area contributed by atoms with Crippen LogP contribution in [0.4, 0.5) is 0 Å². The van der Waals surface area contributed by atoms with E-state index in [4.69, 9.17) is 0 Å². The molecule has 1 aliphatic rings. The SMILES string of the molecule is CCn1nccc1/C=C/C(=O)N(C)CC1(O)CCCC1. The van der Waals surface area contributed by atoms with Gasteiger partial charge in [0.15, 0.2) is 0 Å². The normalized spacial score (nSPS) is 17.8. The highest BCUT2D eigenvalue weighted by molar-refractivity contribution is 5.91. The Kier molecular flexibility index (Phi) is 4.60. The second-order valence-electron chi connectivity index (χ2n) is 5.53. The third-order valence-electron chi connectivity index (χ3n) is 3.89. The summed E-state index contributed by atoms with van der Waals surface area (Å²) in [4.78, 5) is 13.7. The van der Waals surface area contributed by atoms with E-state index in [-0.39, 0.29) is 5.91 Å². The fourth-order valence-electron chi connectivity index (χ4n) is 2.74. The number of carbonyl (C=O) groups is 1. The monoisotopic (exact) mass is 277 g/mol. The maximum absolute atomic E-state index is 12.1. The Labute approximate surface area is 119 Å². The molecule has 1 heterocycles. The lowest BCUT2D eigenvalue weighted by Gasteiger charge is -2.27. The van der Waals surface area contributed by atoms with Crippen LogP contribution in [0.3, 0.4) is 0 Å². The van der Waals surface area contributed by atoms with Crippen molar-refractivity contribution in [1.82, 2.24) is 14.7 Å². The minimum atomic E-state index is -0.691. The molecule has 5 heteroatoms. The molecule has 1 saturated carbocycles. The van der Waals surface area contributed by atoms with Gasteiger partial charge in [-0.15, -0.1) is 0 Å². The van der Waals surface area contributed by atoms with Gasteiger partial charge in [-0.2, -0.15) is 5.10 Å². The number of carbonyl (C=O) groups excluding carboxylic acids is 1. The summed E-state index contributed by atoms with van der Waals surface area (Å²) in [6.45, 7) is 3.19. The van der Waals surface area contributed by atoms with Crippen LogP contribution >= 0.6 is 0 Å². The predicted molar refractivity (Wildman–Crippen MR) is 78.0 cm³/mol. The van der Waals surface area contributed by atoms with Crippen molar-refractivity contribution in [3.63, 3.8) is 0 Å². The van der Waals surface area contributed by atoms with Crippen molar-refractivity contribution in [2.45, 2.75) is 44.8 Å². The molecule has 1 N–H and O–H groups in total. The third kappa shape index (κ3) is 3.48. The lowest BCUT2D eigenvalue weighted by atomic mass is 10.0. The standard InChI is InChI=1S/C15H23N3O2/c1-3-18-13(8-11-16-18)6-7-14(19)17(2)12-15(20)9-4-5-10-15/h6-8,11,20H,3-5,9-10,12H2,1-2H3/b7-6+. The number of likely N-dealkylation sites (N-methyl/N-ethyl adjacent to an activating group) is 1. The zero-order valence-electron chi connectivity index (χ0n) is 12.2. The van der Waals surface area contributed by atoms with E-state index in [0.29, 0.717) is 6.54 Å². The van der Waals surface area contributed by atoms with Gasteiger partial charge in [0.05, 0.1) is 11.3 Å². The molecule has 0 bridgehead atoms. The van der Waals surface area contributed by atoms with E-state index in [1.165, 1.54) is 0 Å². The molecule has 0 spiro atoms. The molecule has 0 saturated heterocycles. The van der Waals surface area contributed by atoms with Crippen LogP contribution in [0.5, 0.6) is 0 Å². The third-order valence-corrected chi connectivity index (χ3v) is 3.89. The van der Waals surface area contributed by atoms with E-state index >= 15 is 0 Å². The predicted octanol–water partition coefficient (Wildman–Crippen LogP) is 1.68. The Morgan fingerprint density at radius 3 is 2.90 bits per heavy atom. The minimum Gasteiger partial charge on any atom is -0.388 e. The molecular weight excluding hydrogens is 254 g/mol. The van der Waals surface area contributed by atoms with Crippen LogP contribution in [0, 0.1) is 0 Å². The van der Waals surface area contributed by atoms with Crippen LogP contribution in [0.25, 0.3) is 6.08 Å². The molecule has 110 valence electrons. The zero-order valence-corrected chi connectivity index (χ0v) is 12.2. The Morgan fingerprint density at radius 2 is 2.25 bits per heavy atom. The van der Waals surface area contributed by atoms with E-state index in [2.05, 4.69) is 5.10 Å². The molecule has 1 aromatic rings.